The van der Waals surface area contributed by atoms with Crippen LogP contribution in [-0.2, 0) is 11.3 Å². The van der Waals surface area contributed by atoms with Crippen LogP contribution in [0.2, 0.25) is 10.0 Å². The molecular weight excluding hydrogens is 481 g/mol. The molecule has 1 fully saturated rings. The fourth-order valence-corrected chi connectivity index (χ4v) is 4.48. The first kappa shape index (κ1) is 23.1. The van der Waals surface area contributed by atoms with Crippen LogP contribution in [0.25, 0.3) is 6.08 Å². The lowest BCUT2D eigenvalue weighted by Crippen LogP contribution is -2.27. The van der Waals surface area contributed by atoms with Crippen molar-refractivity contribution in [3.8, 4) is 5.75 Å². The topological polar surface area (TPSA) is 63.7 Å². The Labute approximate surface area is 204 Å². The molecule has 0 aliphatic carbocycles. The lowest BCUT2D eigenvalue weighted by Gasteiger charge is -2.13. The summed E-state index contributed by atoms with van der Waals surface area (Å²) in [5, 5.41) is 0.494. The molecule has 3 aromatic carbocycles. The molecule has 5 nitrogen and oxygen atoms in total. The van der Waals surface area contributed by atoms with E-state index in [1.54, 1.807) is 66.7 Å². The number of benzene rings is 3. The second-order valence-electron chi connectivity index (χ2n) is 7.33. The Hall–Kier alpha value is -3.06. The summed E-state index contributed by atoms with van der Waals surface area (Å²) in [6.45, 7) is 1.96. The Balaban J connectivity index is 1.45. The number of halogens is 2. The lowest BCUT2D eigenvalue weighted by atomic mass is 10.1. The highest BCUT2D eigenvalue weighted by atomic mass is 35.5. The SMILES string of the molecule is Cc1cccc(C(=O)Oc2ccc(/C=C3\SC(=O)N(Cc4ccc(Cl)cc4Cl)C3=O)cc2)c1. The smallest absolute Gasteiger partial charge is 0.343 e. The molecule has 1 saturated heterocycles. The molecular formula is C25H17Cl2NO4S. The minimum absolute atomic E-state index is 0.0614. The van der Waals surface area contributed by atoms with E-state index in [0.29, 0.717) is 37.4 Å². The van der Waals surface area contributed by atoms with Gasteiger partial charge in [-0.2, -0.15) is 0 Å². The molecule has 1 heterocycles. The maximum atomic E-state index is 12.8. The molecule has 0 spiro atoms. The standard InChI is InChI=1S/C25H17Cl2NO4S/c1-15-3-2-4-17(11-15)24(30)32-20-9-5-16(6-10-20)12-22-23(29)28(25(31)33-22)14-18-7-8-19(26)13-21(18)27/h2-13H,14H2,1H3/b22-12-. The van der Waals surface area contributed by atoms with Crippen LogP contribution in [-0.4, -0.2) is 22.0 Å². The number of hydrogen-bond acceptors (Lipinski definition) is 5. The Kier molecular flexibility index (Phi) is 6.88. The average Bonchev–Trinajstić information content (AvgIpc) is 3.04. The van der Waals surface area contributed by atoms with Gasteiger partial charge in [0.1, 0.15) is 5.75 Å². The Morgan fingerprint density at radius 1 is 1.03 bits per heavy atom. The van der Waals surface area contributed by atoms with Crippen LogP contribution < -0.4 is 4.74 Å². The summed E-state index contributed by atoms with van der Waals surface area (Å²) >= 11 is 12.9. The van der Waals surface area contributed by atoms with Gasteiger partial charge in [0.05, 0.1) is 17.0 Å². The van der Waals surface area contributed by atoms with Crippen molar-refractivity contribution in [3.05, 3.63) is 104 Å². The van der Waals surface area contributed by atoms with Crippen LogP contribution in [0, 0.1) is 6.92 Å². The van der Waals surface area contributed by atoms with Crippen LogP contribution in [0.4, 0.5) is 4.79 Å². The molecule has 0 atom stereocenters. The average molecular weight is 498 g/mol. The molecule has 0 aromatic heterocycles. The lowest BCUT2D eigenvalue weighted by molar-refractivity contribution is -0.123. The van der Waals surface area contributed by atoms with Gasteiger partial charge in [-0.05, 0) is 72.3 Å². The molecule has 0 N–H and O–H groups in total. The van der Waals surface area contributed by atoms with E-state index < -0.39 is 11.9 Å². The van der Waals surface area contributed by atoms with Gasteiger partial charge in [-0.15, -0.1) is 0 Å². The van der Waals surface area contributed by atoms with Crippen LogP contribution in [0.3, 0.4) is 0 Å². The number of aryl methyl sites for hydroxylation is 1. The van der Waals surface area contributed by atoms with Crippen LogP contribution in [0.15, 0.2) is 71.6 Å². The quantitative estimate of drug-likeness (QED) is 0.221. The molecule has 4 rings (SSSR count). The first-order valence-corrected chi connectivity index (χ1v) is 11.5. The maximum Gasteiger partial charge on any atom is 0.343 e. The van der Waals surface area contributed by atoms with Crippen molar-refractivity contribution in [3.63, 3.8) is 0 Å². The number of rotatable bonds is 5. The van der Waals surface area contributed by atoms with E-state index in [1.165, 1.54) is 0 Å². The van der Waals surface area contributed by atoms with Crippen molar-refractivity contribution in [1.29, 1.82) is 0 Å². The van der Waals surface area contributed by atoms with E-state index in [2.05, 4.69) is 0 Å². The number of nitrogens with zero attached hydrogens (tertiary/aromatic N) is 1. The summed E-state index contributed by atoms with van der Waals surface area (Å²) in [4.78, 5) is 38.9. The number of esters is 1. The molecule has 3 aromatic rings. The van der Waals surface area contributed by atoms with Crippen LogP contribution >= 0.6 is 35.0 Å². The second kappa shape index (κ2) is 9.83. The fourth-order valence-electron chi connectivity index (χ4n) is 3.18. The molecule has 0 bridgehead atoms. The highest BCUT2D eigenvalue weighted by molar-refractivity contribution is 8.18. The first-order valence-electron chi connectivity index (χ1n) is 9.88. The summed E-state index contributed by atoms with van der Waals surface area (Å²) in [6, 6.07) is 18.8. The van der Waals surface area contributed by atoms with Gasteiger partial charge in [-0.3, -0.25) is 14.5 Å². The molecule has 33 heavy (non-hydrogen) atoms. The Morgan fingerprint density at radius 2 is 1.79 bits per heavy atom. The highest BCUT2D eigenvalue weighted by Crippen LogP contribution is 2.34. The summed E-state index contributed by atoms with van der Waals surface area (Å²) in [6.07, 6.45) is 1.63. The van der Waals surface area contributed by atoms with Crippen LogP contribution in [0.5, 0.6) is 5.75 Å². The zero-order valence-corrected chi connectivity index (χ0v) is 19.7. The van der Waals surface area contributed by atoms with Crippen LogP contribution in [0.1, 0.15) is 27.0 Å². The minimum atomic E-state index is -0.451. The molecule has 1 aliphatic rings. The van der Waals surface area contributed by atoms with E-state index in [1.807, 2.05) is 13.0 Å². The zero-order chi connectivity index (χ0) is 23.5. The number of carbonyl (C=O) groups is 3. The van der Waals surface area contributed by atoms with Crippen molar-refractivity contribution in [1.82, 2.24) is 4.90 Å². The van der Waals surface area contributed by atoms with Gasteiger partial charge >= 0.3 is 5.97 Å². The van der Waals surface area contributed by atoms with E-state index >= 15 is 0 Å². The monoisotopic (exact) mass is 497 g/mol. The summed E-state index contributed by atoms with van der Waals surface area (Å²) in [7, 11) is 0. The third kappa shape index (κ3) is 5.47. The van der Waals surface area contributed by atoms with Crippen molar-refractivity contribution >= 4 is 58.2 Å². The number of carbonyl (C=O) groups excluding carboxylic acids is 3. The zero-order valence-electron chi connectivity index (χ0n) is 17.4. The molecule has 0 radical (unpaired) electrons. The number of amides is 2. The van der Waals surface area contributed by atoms with Gasteiger partial charge in [0.2, 0.25) is 0 Å². The molecule has 8 heteroatoms. The largest absolute Gasteiger partial charge is 0.423 e. The number of imide groups is 1. The van der Waals surface area contributed by atoms with E-state index in [9.17, 15) is 14.4 Å². The van der Waals surface area contributed by atoms with Crippen molar-refractivity contribution < 1.29 is 19.1 Å². The van der Waals surface area contributed by atoms with E-state index in [0.717, 1.165) is 22.2 Å². The van der Waals surface area contributed by atoms with Crippen molar-refractivity contribution in [2.75, 3.05) is 0 Å². The van der Waals surface area contributed by atoms with Gasteiger partial charge in [-0.25, -0.2) is 4.79 Å². The molecule has 1 aliphatic heterocycles. The summed E-state index contributed by atoms with van der Waals surface area (Å²) in [5.74, 6) is -0.469. The minimum Gasteiger partial charge on any atom is -0.423 e. The van der Waals surface area contributed by atoms with Crippen molar-refractivity contribution in [2.24, 2.45) is 0 Å². The van der Waals surface area contributed by atoms with Gasteiger partial charge in [0.25, 0.3) is 11.1 Å². The predicted octanol–water partition coefficient (Wildman–Crippen LogP) is 6.76. The first-order chi connectivity index (χ1) is 15.8. The highest BCUT2D eigenvalue weighted by Gasteiger charge is 2.35. The van der Waals surface area contributed by atoms with Gasteiger partial charge in [-0.1, -0.05) is 59.1 Å². The fraction of sp³-hybridized carbons (Fsp3) is 0.0800. The second-order valence-corrected chi connectivity index (χ2v) is 9.17. The van der Waals surface area contributed by atoms with Crippen molar-refractivity contribution in [2.45, 2.75) is 13.5 Å². The number of ether oxygens (including phenoxy) is 1. The molecule has 166 valence electrons. The molecule has 0 unspecified atom stereocenters. The Morgan fingerprint density at radius 3 is 2.48 bits per heavy atom. The Bertz CT molecular complexity index is 1290. The molecule has 0 saturated carbocycles. The predicted molar refractivity (Wildman–Crippen MR) is 131 cm³/mol. The number of hydrogen-bond donors (Lipinski definition) is 0. The normalized spacial score (nSPS) is 14.8. The molecule has 2 amide bonds. The van der Waals surface area contributed by atoms with E-state index in [-0.39, 0.29) is 11.8 Å². The van der Waals surface area contributed by atoms with Gasteiger partial charge in [0.15, 0.2) is 0 Å². The van der Waals surface area contributed by atoms with Gasteiger partial charge in [0, 0.05) is 10.0 Å². The summed E-state index contributed by atoms with van der Waals surface area (Å²) < 4.78 is 5.41. The number of thioether (sulfide) groups is 1. The third-order valence-corrected chi connectivity index (χ3v) is 6.35. The summed E-state index contributed by atoms with van der Waals surface area (Å²) in [5.41, 5.74) is 2.75. The van der Waals surface area contributed by atoms with Gasteiger partial charge < -0.3 is 4.74 Å². The van der Waals surface area contributed by atoms with E-state index in [4.69, 9.17) is 27.9 Å². The maximum absolute atomic E-state index is 12.8. The third-order valence-electron chi connectivity index (χ3n) is 4.86.